The minimum atomic E-state index is -0.592. The molecule has 0 aromatic rings. The van der Waals surface area contributed by atoms with Gasteiger partial charge in [-0.15, -0.1) is 0 Å². The van der Waals surface area contributed by atoms with Crippen LogP contribution in [0.2, 0.25) is 5.04 Å². The summed E-state index contributed by atoms with van der Waals surface area (Å²) >= 11 is 0. The van der Waals surface area contributed by atoms with Crippen molar-refractivity contribution in [3.8, 4) is 0 Å². The monoisotopic (exact) mass is 230 g/mol. The molecule has 0 amide bonds. The van der Waals surface area contributed by atoms with Crippen molar-refractivity contribution >= 4 is 9.76 Å². The van der Waals surface area contributed by atoms with Gasteiger partial charge in [-0.2, -0.15) is 0 Å². The van der Waals surface area contributed by atoms with E-state index in [1.165, 1.54) is 0 Å². The van der Waals surface area contributed by atoms with Crippen molar-refractivity contribution in [3.63, 3.8) is 0 Å². The molecule has 0 heterocycles. The first-order valence-corrected chi connectivity index (χ1v) is 6.79. The second kappa shape index (κ2) is 5.06. The molecule has 0 aliphatic heterocycles. The van der Waals surface area contributed by atoms with Crippen LogP contribution in [0.15, 0.2) is 11.5 Å². The summed E-state index contributed by atoms with van der Waals surface area (Å²) in [6, 6.07) is 0. The highest BCUT2D eigenvalue weighted by molar-refractivity contribution is 6.32. The third kappa shape index (κ3) is 8.54. The second-order valence-corrected chi connectivity index (χ2v) is 9.05. The van der Waals surface area contributed by atoms with Crippen LogP contribution in [0.3, 0.4) is 0 Å². The molecule has 0 bridgehead atoms. The molecule has 0 aromatic heterocycles. The number of hydrogen-bond donors (Lipinski definition) is 0. The molecule has 0 rings (SSSR count). The zero-order valence-corrected chi connectivity index (χ0v) is 12.9. The molecular weight excluding hydrogens is 204 g/mol. The normalized spacial score (nSPS) is 13.1. The highest BCUT2D eigenvalue weighted by Crippen LogP contribution is 2.24. The van der Waals surface area contributed by atoms with Gasteiger partial charge in [0.1, 0.15) is 5.60 Å². The summed E-state index contributed by atoms with van der Waals surface area (Å²) in [6.07, 6.45) is 0. The molecule has 0 atom stereocenters. The Hall–Kier alpha value is -0.443. The molecule has 90 valence electrons. The van der Waals surface area contributed by atoms with Crippen LogP contribution in [-0.4, -0.2) is 15.4 Å². The topological polar surface area (TPSA) is 18.5 Å². The fourth-order valence-electron chi connectivity index (χ4n) is 0.836. The lowest BCUT2D eigenvalue weighted by Crippen LogP contribution is -2.23. The molecule has 15 heavy (non-hydrogen) atoms. The van der Waals surface area contributed by atoms with Gasteiger partial charge < -0.3 is 9.16 Å². The average Bonchev–Trinajstić information content (AvgIpc) is 1.93. The van der Waals surface area contributed by atoms with Crippen molar-refractivity contribution in [2.45, 2.75) is 66.0 Å². The first-order chi connectivity index (χ1) is 6.51. The SMILES string of the molecule is CC(C)=C(O[SiH2]C(C)(C)C)OC(C)(C)C. The van der Waals surface area contributed by atoms with E-state index in [1.807, 2.05) is 34.6 Å². The quantitative estimate of drug-likeness (QED) is 0.547. The van der Waals surface area contributed by atoms with E-state index in [-0.39, 0.29) is 5.60 Å². The number of allylic oxidation sites excluding steroid dienone is 1. The Morgan fingerprint density at radius 2 is 1.40 bits per heavy atom. The van der Waals surface area contributed by atoms with Crippen LogP contribution in [0.4, 0.5) is 0 Å². The van der Waals surface area contributed by atoms with Gasteiger partial charge in [0.2, 0.25) is 9.76 Å². The number of hydrogen-bond acceptors (Lipinski definition) is 2. The van der Waals surface area contributed by atoms with Crippen molar-refractivity contribution < 1.29 is 9.16 Å². The molecule has 0 saturated carbocycles. The van der Waals surface area contributed by atoms with Crippen LogP contribution < -0.4 is 0 Å². The van der Waals surface area contributed by atoms with E-state index < -0.39 is 9.76 Å². The van der Waals surface area contributed by atoms with Crippen LogP contribution >= 0.6 is 0 Å². The minimum Gasteiger partial charge on any atom is -0.524 e. The summed E-state index contributed by atoms with van der Waals surface area (Å²) in [5.74, 6) is 0.726. The summed E-state index contributed by atoms with van der Waals surface area (Å²) in [5.41, 5.74) is 0.931. The van der Waals surface area contributed by atoms with Crippen LogP contribution in [0.5, 0.6) is 0 Å². The number of ether oxygens (including phenoxy) is 1. The summed E-state index contributed by atoms with van der Waals surface area (Å²) in [5, 5.41) is 0.294. The highest BCUT2D eigenvalue weighted by Gasteiger charge is 2.19. The van der Waals surface area contributed by atoms with Crippen molar-refractivity contribution in [1.29, 1.82) is 0 Å². The van der Waals surface area contributed by atoms with Crippen molar-refractivity contribution in [3.05, 3.63) is 11.5 Å². The summed E-state index contributed by atoms with van der Waals surface area (Å²) in [6.45, 7) is 16.8. The fraction of sp³-hybridized carbons (Fsp3) is 0.833. The molecule has 0 unspecified atom stereocenters. The van der Waals surface area contributed by atoms with Crippen LogP contribution in [0.1, 0.15) is 55.4 Å². The second-order valence-electron chi connectivity index (χ2n) is 6.35. The van der Waals surface area contributed by atoms with Gasteiger partial charge in [0, 0.05) is 5.57 Å². The predicted molar refractivity (Wildman–Crippen MR) is 68.6 cm³/mol. The Balaban J connectivity index is 4.41. The molecule has 0 N–H and O–H groups in total. The van der Waals surface area contributed by atoms with Crippen LogP contribution in [-0.2, 0) is 9.16 Å². The third-order valence-corrected chi connectivity index (χ3v) is 2.72. The molecule has 2 nitrogen and oxygen atoms in total. The van der Waals surface area contributed by atoms with E-state index in [9.17, 15) is 0 Å². The first-order valence-electron chi connectivity index (χ1n) is 5.50. The van der Waals surface area contributed by atoms with Crippen LogP contribution in [0, 0.1) is 0 Å². The molecule has 0 aliphatic carbocycles. The van der Waals surface area contributed by atoms with Gasteiger partial charge in [-0.3, -0.25) is 0 Å². The zero-order valence-electron chi connectivity index (χ0n) is 11.5. The summed E-state index contributed by atoms with van der Waals surface area (Å²) < 4.78 is 11.6. The molecule has 0 radical (unpaired) electrons. The Bertz CT molecular complexity index is 227. The van der Waals surface area contributed by atoms with Gasteiger partial charge in [-0.1, -0.05) is 20.8 Å². The van der Waals surface area contributed by atoms with Gasteiger partial charge in [0.05, 0.1) is 0 Å². The standard InChI is InChI=1S/C12H26O2Si/c1-9(2)10(13-11(3,4)5)14-15-12(6,7)8/h15H2,1-8H3. The Kier molecular flexibility index (Phi) is 4.91. The lowest BCUT2D eigenvalue weighted by atomic mass is 10.2. The number of rotatable bonds is 3. The minimum absolute atomic E-state index is 0.182. The largest absolute Gasteiger partial charge is 0.524 e. The van der Waals surface area contributed by atoms with Crippen molar-refractivity contribution in [2.75, 3.05) is 0 Å². The zero-order chi connectivity index (χ0) is 12.3. The molecule has 0 aromatic carbocycles. The van der Waals surface area contributed by atoms with E-state index >= 15 is 0 Å². The lowest BCUT2D eigenvalue weighted by Gasteiger charge is -2.27. The Morgan fingerprint density at radius 3 is 1.67 bits per heavy atom. The van der Waals surface area contributed by atoms with E-state index in [0.29, 0.717) is 5.04 Å². The maximum absolute atomic E-state index is 5.84. The smallest absolute Gasteiger partial charge is 0.263 e. The van der Waals surface area contributed by atoms with Crippen molar-refractivity contribution in [1.82, 2.24) is 0 Å². The maximum Gasteiger partial charge on any atom is 0.263 e. The first kappa shape index (κ1) is 14.6. The van der Waals surface area contributed by atoms with E-state index in [1.54, 1.807) is 0 Å². The maximum atomic E-state index is 5.84. The highest BCUT2D eigenvalue weighted by atomic mass is 28.2. The van der Waals surface area contributed by atoms with Gasteiger partial charge >= 0.3 is 0 Å². The lowest BCUT2D eigenvalue weighted by molar-refractivity contribution is -0.00873. The summed E-state index contributed by atoms with van der Waals surface area (Å²) in [4.78, 5) is 0. The Labute approximate surface area is 97.0 Å². The Morgan fingerprint density at radius 1 is 0.933 bits per heavy atom. The van der Waals surface area contributed by atoms with Gasteiger partial charge in [-0.05, 0) is 39.7 Å². The van der Waals surface area contributed by atoms with Gasteiger partial charge in [-0.25, -0.2) is 0 Å². The molecule has 3 heteroatoms. The van der Waals surface area contributed by atoms with Crippen LogP contribution in [0.25, 0.3) is 0 Å². The average molecular weight is 230 g/mol. The molecule has 0 spiro atoms. The summed E-state index contributed by atoms with van der Waals surface area (Å²) in [7, 11) is -0.592. The van der Waals surface area contributed by atoms with E-state index in [0.717, 1.165) is 11.5 Å². The van der Waals surface area contributed by atoms with E-state index in [2.05, 4.69) is 20.8 Å². The van der Waals surface area contributed by atoms with E-state index in [4.69, 9.17) is 9.16 Å². The molecule has 0 fully saturated rings. The fourth-order valence-corrected chi connectivity index (χ4v) is 1.75. The molecular formula is C12H26O2Si. The predicted octanol–water partition coefficient (Wildman–Crippen LogP) is 3.37. The third-order valence-electron chi connectivity index (χ3n) is 1.44. The molecule has 0 saturated heterocycles. The molecule has 0 aliphatic rings. The van der Waals surface area contributed by atoms with Gasteiger partial charge in [0.15, 0.2) is 0 Å². The van der Waals surface area contributed by atoms with Crippen molar-refractivity contribution in [2.24, 2.45) is 0 Å². The van der Waals surface area contributed by atoms with Gasteiger partial charge in [0.25, 0.3) is 5.95 Å².